The van der Waals surface area contributed by atoms with Crippen LogP contribution in [0, 0.1) is 6.92 Å². The number of ether oxygens (including phenoxy) is 1. The van der Waals surface area contributed by atoms with E-state index >= 15 is 0 Å². The van der Waals surface area contributed by atoms with Crippen molar-refractivity contribution in [2.45, 2.75) is 13.3 Å². The van der Waals surface area contributed by atoms with E-state index in [0.717, 1.165) is 17.1 Å². The van der Waals surface area contributed by atoms with Gasteiger partial charge in [-0.2, -0.15) is 9.50 Å². The molecule has 0 unspecified atom stereocenters. The minimum absolute atomic E-state index is 0.127. The first-order chi connectivity index (χ1) is 13.2. The lowest BCUT2D eigenvalue weighted by Gasteiger charge is -2.26. The molecule has 0 atom stereocenters. The Hall–Kier alpha value is -3.07. The number of hydrogen-bond donors (Lipinski definition) is 1. The zero-order valence-electron chi connectivity index (χ0n) is 15.1. The number of carbonyl (C=O) groups is 1. The van der Waals surface area contributed by atoms with Crippen molar-refractivity contribution in [3.8, 4) is 11.4 Å². The summed E-state index contributed by atoms with van der Waals surface area (Å²) in [6, 6.07) is 5.65. The smallest absolute Gasteiger partial charge is 0.254 e. The summed E-state index contributed by atoms with van der Waals surface area (Å²) in [4.78, 5) is 27.2. The first kappa shape index (κ1) is 17.3. The van der Waals surface area contributed by atoms with E-state index in [1.54, 1.807) is 16.9 Å². The highest BCUT2D eigenvalue weighted by Crippen LogP contribution is 2.17. The number of nitrogens with zero attached hydrogens (tertiary/aromatic N) is 6. The Balaban J connectivity index is 1.49. The zero-order valence-corrected chi connectivity index (χ0v) is 15.1. The van der Waals surface area contributed by atoms with Crippen molar-refractivity contribution in [2.24, 2.45) is 0 Å². The number of hydrogen-bond acceptors (Lipinski definition) is 7. The van der Waals surface area contributed by atoms with Crippen LogP contribution in [0.5, 0.6) is 0 Å². The third-order valence-corrected chi connectivity index (χ3v) is 4.37. The number of fused-ring (bicyclic) bond motifs is 1. The van der Waals surface area contributed by atoms with E-state index in [9.17, 15) is 4.79 Å². The van der Waals surface area contributed by atoms with Crippen molar-refractivity contribution in [3.63, 3.8) is 0 Å². The largest absolute Gasteiger partial charge is 0.378 e. The molecule has 1 aliphatic rings. The van der Waals surface area contributed by atoms with E-state index in [2.05, 4.69) is 25.4 Å². The number of morpholine rings is 1. The fourth-order valence-electron chi connectivity index (χ4n) is 3.00. The number of pyridine rings is 1. The van der Waals surface area contributed by atoms with Crippen molar-refractivity contribution < 1.29 is 9.53 Å². The third-order valence-electron chi connectivity index (χ3n) is 4.37. The second-order valence-corrected chi connectivity index (χ2v) is 6.34. The number of nitrogens with one attached hydrogen (secondary N) is 1. The average molecular weight is 367 g/mol. The average Bonchev–Trinajstić information content (AvgIpc) is 3.13. The summed E-state index contributed by atoms with van der Waals surface area (Å²) in [5.74, 6) is 1.96. The van der Waals surface area contributed by atoms with Crippen LogP contribution in [0.4, 0.5) is 5.82 Å². The number of aromatic nitrogens is 5. The zero-order chi connectivity index (χ0) is 18.6. The fraction of sp³-hybridized carbons (Fsp3) is 0.389. The quantitative estimate of drug-likeness (QED) is 0.722. The van der Waals surface area contributed by atoms with Crippen molar-refractivity contribution in [1.82, 2.24) is 29.5 Å². The predicted octanol–water partition coefficient (Wildman–Crippen LogP) is 1.16. The molecule has 3 aromatic heterocycles. The number of carbonyl (C=O) groups excluding carboxylic acids is 1. The van der Waals surface area contributed by atoms with Gasteiger partial charge in [0.05, 0.1) is 13.2 Å². The summed E-state index contributed by atoms with van der Waals surface area (Å²) in [5, 5.41) is 7.83. The molecule has 3 aromatic rings. The maximum atomic E-state index is 12.3. The Morgan fingerprint density at radius 3 is 2.93 bits per heavy atom. The van der Waals surface area contributed by atoms with E-state index in [-0.39, 0.29) is 5.91 Å². The highest BCUT2D eigenvalue weighted by atomic mass is 16.5. The van der Waals surface area contributed by atoms with Gasteiger partial charge >= 0.3 is 0 Å². The molecule has 4 rings (SSSR count). The number of aryl methyl sites for hydroxylation is 1. The topological polar surface area (TPSA) is 97.5 Å². The standard InChI is InChI=1S/C18H21N7O2/c1-13-11-15(20-6-4-16(26)24-7-9-27-10-8-24)25-18(21-13)22-17(23-25)14-3-2-5-19-12-14/h2-3,5,11-12,20H,4,6-10H2,1H3. The molecule has 0 aliphatic carbocycles. The van der Waals surface area contributed by atoms with Crippen molar-refractivity contribution >= 4 is 17.5 Å². The Kier molecular flexibility index (Phi) is 4.93. The Bertz CT molecular complexity index is 936. The van der Waals surface area contributed by atoms with Gasteiger partial charge in [0.1, 0.15) is 5.82 Å². The monoisotopic (exact) mass is 367 g/mol. The van der Waals surface area contributed by atoms with Gasteiger partial charge in [0.2, 0.25) is 5.91 Å². The highest BCUT2D eigenvalue weighted by Gasteiger charge is 2.17. The molecule has 1 aliphatic heterocycles. The van der Waals surface area contributed by atoms with Crippen molar-refractivity contribution in [3.05, 3.63) is 36.3 Å². The molecule has 1 N–H and O–H groups in total. The van der Waals surface area contributed by atoms with E-state index in [1.807, 2.05) is 30.0 Å². The molecule has 9 nitrogen and oxygen atoms in total. The molecule has 0 aromatic carbocycles. The van der Waals surface area contributed by atoms with Crippen LogP contribution in [0.1, 0.15) is 12.1 Å². The van der Waals surface area contributed by atoms with Crippen molar-refractivity contribution in [1.29, 1.82) is 0 Å². The van der Waals surface area contributed by atoms with Crippen LogP contribution in [0.25, 0.3) is 17.2 Å². The molecule has 0 saturated carbocycles. The second-order valence-electron chi connectivity index (χ2n) is 6.34. The van der Waals surface area contributed by atoms with E-state index in [1.165, 1.54) is 0 Å². The maximum Gasteiger partial charge on any atom is 0.254 e. The molecule has 1 fully saturated rings. The van der Waals surface area contributed by atoms with E-state index in [4.69, 9.17) is 4.74 Å². The molecular weight excluding hydrogens is 346 g/mol. The highest BCUT2D eigenvalue weighted by molar-refractivity contribution is 5.76. The molecule has 0 bridgehead atoms. The molecule has 140 valence electrons. The van der Waals surface area contributed by atoms with Gasteiger partial charge in [-0.25, -0.2) is 4.98 Å². The van der Waals surface area contributed by atoms with Gasteiger partial charge in [-0.3, -0.25) is 9.78 Å². The summed E-state index contributed by atoms with van der Waals surface area (Å²) in [6.45, 7) is 4.96. The summed E-state index contributed by atoms with van der Waals surface area (Å²) < 4.78 is 6.95. The molecule has 0 spiro atoms. The lowest BCUT2D eigenvalue weighted by Crippen LogP contribution is -2.41. The first-order valence-electron chi connectivity index (χ1n) is 8.95. The molecule has 1 amide bonds. The van der Waals surface area contributed by atoms with Gasteiger partial charge in [0, 0.05) is 55.8 Å². The van der Waals surface area contributed by atoms with E-state index < -0.39 is 0 Å². The summed E-state index contributed by atoms with van der Waals surface area (Å²) >= 11 is 0. The Morgan fingerprint density at radius 1 is 1.30 bits per heavy atom. The lowest BCUT2D eigenvalue weighted by molar-refractivity contribution is -0.134. The molecule has 0 radical (unpaired) electrons. The van der Waals surface area contributed by atoms with Crippen LogP contribution in [-0.2, 0) is 9.53 Å². The number of rotatable bonds is 5. The molecule has 9 heteroatoms. The van der Waals surface area contributed by atoms with E-state index in [0.29, 0.717) is 50.9 Å². The van der Waals surface area contributed by atoms with Crippen LogP contribution in [-0.4, -0.2) is 68.2 Å². The minimum atomic E-state index is 0.127. The fourth-order valence-corrected chi connectivity index (χ4v) is 3.00. The second kappa shape index (κ2) is 7.67. The van der Waals surface area contributed by atoms with Gasteiger partial charge in [-0.05, 0) is 19.1 Å². The van der Waals surface area contributed by atoms with Crippen LogP contribution < -0.4 is 5.32 Å². The van der Waals surface area contributed by atoms with Crippen LogP contribution in [0.3, 0.4) is 0 Å². The van der Waals surface area contributed by atoms with Crippen LogP contribution >= 0.6 is 0 Å². The van der Waals surface area contributed by atoms with Crippen LogP contribution in [0.2, 0.25) is 0 Å². The Morgan fingerprint density at radius 2 is 2.15 bits per heavy atom. The summed E-state index contributed by atoms with van der Waals surface area (Å²) in [7, 11) is 0. The number of amides is 1. The normalized spacial score (nSPS) is 14.5. The number of anilines is 1. The minimum Gasteiger partial charge on any atom is -0.378 e. The Labute approximate surface area is 156 Å². The molecule has 4 heterocycles. The van der Waals surface area contributed by atoms with Gasteiger partial charge in [-0.1, -0.05) is 0 Å². The van der Waals surface area contributed by atoms with Gasteiger partial charge in [-0.15, -0.1) is 5.10 Å². The lowest BCUT2D eigenvalue weighted by atomic mass is 10.3. The van der Waals surface area contributed by atoms with Crippen molar-refractivity contribution in [2.75, 3.05) is 38.2 Å². The van der Waals surface area contributed by atoms with Gasteiger partial charge in [0.15, 0.2) is 5.82 Å². The van der Waals surface area contributed by atoms with Gasteiger partial charge in [0.25, 0.3) is 5.78 Å². The molecular formula is C18H21N7O2. The molecule has 1 saturated heterocycles. The first-order valence-corrected chi connectivity index (χ1v) is 8.95. The summed E-state index contributed by atoms with van der Waals surface area (Å²) in [5.41, 5.74) is 1.66. The van der Waals surface area contributed by atoms with Crippen LogP contribution in [0.15, 0.2) is 30.6 Å². The third kappa shape index (κ3) is 3.87. The van der Waals surface area contributed by atoms with Gasteiger partial charge < -0.3 is 15.0 Å². The SMILES string of the molecule is Cc1cc(NCCC(=O)N2CCOCC2)n2nc(-c3cccnc3)nc2n1. The maximum absolute atomic E-state index is 12.3. The summed E-state index contributed by atoms with van der Waals surface area (Å²) in [6.07, 6.45) is 3.84. The predicted molar refractivity (Wildman–Crippen MR) is 99.3 cm³/mol. The molecule has 27 heavy (non-hydrogen) atoms.